The van der Waals surface area contributed by atoms with Gasteiger partial charge in [0.2, 0.25) is 0 Å². The van der Waals surface area contributed by atoms with E-state index in [-0.39, 0.29) is 11.3 Å². The second kappa shape index (κ2) is 3.58. The summed E-state index contributed by atoms with van der Waals surface area (Å²) in [5, 5.41) is 10.1. The van der Waals surface area contributed by atoms with Crippen molar-refractivity contribution in [1.82, 2.24) is 0 Å². The molecule has 17 heavy (non-hydrogen) atoms. The fourth-order valence-electron chi connectivity index (χ4n) is 4.84. The Labute approximate surface area is 104 Å². The van der Waals surface area contributed by atoms with Crippen LogP contribution in [0.5, 0.6) is 0 Å². The van der Waals surface area contributed by atoms with Gasteiger partial charge in [0, 0.05) is 5.92 Å². The van der Waals surface area contributed by atoms with Crippen LogP contribution >= 0.6 is 0 Å². The number of hydrogen-bond acceptors (Lipinski definition) is 2. The predicted molar refractivity (Wildman–Crippen MR) is 67.2 cm³/mol. The van der Waals surface area contributed by atoms with Gasteiger partial charge in [-0.15, -0.1) is 0 Å². The lowest BCUT2D eigenvalue weighted by Gasteiger charge is -2.46. The lowest BCUT2D eigenvalue weighted by atomic mass is 9.61. The molecule has 2 nitrogen and oxygen atoms in total. The third kappa shape index (κ3) is 1.34. The maximum absolute atomic E-state index is 10.1. The van der Waals surface area contributed by atoms with Gasteiger partial charge < -0.3 is 9.84 Å². The molecule has 0 spiro atoms. The van der Waals surface area contributed by atoms with Crippen LogP contribution in [0.25, 0.3) is 0 Å². The molecule has 0 aromatic rings. The van der Waals surface area contributed by atoms with Crippen molar-refractivity contribution >= 4 is 0 Å². The van der Waals surface area contributed by atoms with Crippen molar-refractivity contribution in [3.05, 3.63) is 12.2 Å². The summed E-state index contributed by atoms with van der Waals surface area (Å²) in [5.74, 6) is 2.81. The highest BCUT2D eigenvalue weighted by atomic mass is 16.6. The first kappa shape index (κ1) is 11.7. The molecule has 0 amide bonds. The largest absolute Gasteiger partial charge is 0.367 e. The van der Waals surface area contributed by atoms with Gasteiger partial charge in [0.05, 0.1) is 6.61 Å². The monoisotopic (exact) mass is 236 g/mol. The molecule has 4 bridgehead atoms. The van der Waals surface area contributed by atoms with Gasteiger partial charge in [-0.2, -0.15) is 0 Å². The lowest BCUT2D eigenvalue weighted by Crippen LogP contribution is -2.46. The number of aliphatic hydroxyl groups is 1. The highest BCUT2D eigenvalue weighted by Crippen LogP contribution is 2.66. The number of rotatable bonds is 1. The molecule has 0 aromatic heterocycles. The van der Waals surface area contributed by atoms with Gasteiger partial charge in [0.15, 0.2) is 6.29 Å². The molecular weight excluding hydrogens is 212 g/mol. The SMILES string of the molecule is C=C1C2C(O)OCC3C2[C@@H](C(C)C)CCC13C. The molecule has 1 saturated heterocycles. The van der Waals surface area contributed by atoms with Crippen LogP contribution < -0.4 is 0 Å². The van der Waals surface area contributed by atoms with E-state index in [1.54, 1.807) is 0 Å². The third-order valence-corrected chi connectivity index (χ3v) is 5.94. The van der Waals surface area contributed by atoms with Gasteiger partial charge in [-0.3, -0.25) is 0 Å². The molecule has 1 N–H and O–H groups in total. The van der Waals surface area contributed by atoms with Crippen LogP contribution in [0.1, 0.15) is 33.6 Å². The van der Waals surface area contributed by atoms with Gasteiger partial charge >= 0.3 is 0 Å². The molecule has 3 aliphatic rings. The van der Waals surface area contributed by atoms with Crippen molar-refractivity contribution in [2.24, 2.45) is 35.0 Å². The maximum Gasteiger partial charge on any atom is 0.161 e. The van der Waals surface area contributed by atoms with E-state index in [1.165, 1.54) is 18.4 Å². The first-order valence-electron chi connectivity index (χ1n) is 6.95. The van der Waals surface area contributed by atoms with E-state index in [0.29, 0.717) is 17.8 Å². The number of ether oxygens (including phenoxy) is 1. The zero-order valence-corrected chi connectivity index (χ0v) is 11.1. The highest BCUT2D eigenvalue weighted by molar-refractivity contribution is 5.28. The first-order valence-corrected chi connectivity index (χ1v) is 6.95. The summed E-state index contributed by atoms with van der Waals surface area (Å²) < 4.78 is 5.56. The molecule has 5 unspecified atom stereocenters. The molecule has 96 valence electrons. The standard InChI is InChI=1S/C15H24O2/c1-8(2)10-5-6-15(4)9(3)12-13(10)11(15)7-17-14(12)16/h8,10-14,16H,3,5-7H2,1-2,4H3/t10-,11?,12?,13?,14?,15?/m1/s1. The molecule has 6 atom stereocenters. The molecule has 2 heteroatoms. The van der Waals surface area contributed by atoms with E-state index in [9.17, 15) is 5.11 Å². The average molecular weight is 236 g/mol. The Hall–Kier alpha value is -0.340. The van der Waals surface area contributed by atoms with Crippen LogP contribution in [0.15, 0.2) is 12.2 Å². The van der Waals surface area contributed by atoms with E-state index >= 15 is 0 Å². The Morgan fingerprint density at radius 2 is 2.18 bits per heavy atom. The Morgan fingerprint density at radius 3 is 2.82 bits per heavy atom. The lowest BCUT2D eigenvalue weighted by molar-refractivity contribution is -0.193. The topological polar surface area (TPSA) is 29.5 Å². The fraction of sp³-hybridized carbons (Fsp3) is 0.867. The minimum absolute atomic E-state index is 0.189. The second-order valence-corrected chi connectivity index (χ2v) is 6.82. The zero-order valence-electron chi connectivity index (χ0n) is 11.1. The van der Waals surface area contributed by atoms with Crippen LogP contribution in [-0.2, 0) is 4.74 Å². The van der Waals surface area contributed by atoms with Crippen molar-refractivity contribution in [2.75, 3.05) is 6.61 Å². The Kier molecular flexibility index (Phi) is 2.47. The van der Waals surface area contributed by atoms with Crippen LogP contribution in [0.3, 0.4) is 0 Å². The van der Waals surface area contributed by atoms with E-state index in [2.05, 4.69) is 27.4 Å². The summed E-state index contributed by atoms with van der Waals surface area (Å²) in [6.07, 6.45) is 1.91. The van der Waals surface area contributed by atoms with E-state index < -0.39 is 6.29 Å². The Morgan fingerprint density at radius 1 is 1.47 bits per heavy atom. The molecule has 3 fully saturated rings. The molecular formula is C15H24O2. The minimum atomic E-state index is -0.607. The fourth-order valence-corrected chi connectivity index (χ4v) is 4.84. The summed E-state index contributed by atoms with van der Waals surface area (Å²) in [4.78, 5) is 0. The molecule has 0 radical (unpaired) electrons. The Balaban J connectivity index is 2.03. The van der Waals surface area contributed by atoms with Crippen LogP contribution in [0.4, 0.5) is 0 Å². The quantitative estimate of drug-likeness (QED) is 0.709. The molecule has 0 aromatic carbocycles. The van der Waals surface area contributed by atoms with Crippen molar-refractivity contribution in [3.63, 3.8) is 0 Å². The van der Waals surface area contributed by atoms with E-state index in [4.69, 9.17) is 4.74 Å². The molecule has 3 rings (SSSR count). The highest BCUT2D eigenvalue weighted by Gasteiger charge is 2.62. The van der Waals surface area contributed by atoms with Gasteiger partial charge in [-0.05, 0) is 41.9 Å². The van der Waals surface area contributed by atoms with Crippen LogP contribution in [0, 0.1) is 35.0 Å². The van der Waals surface area contributed by atoms with Gasteiger partial charge in [0.25, 0.3) is 0 Å². The number of aliphatic hydroxyl groups excluding tert-OH is 1. The molecule has 1 heterocycles. The molecule has 2 aliphatic carbocycles. The molecule has 2 saturated carbocycles. The van der Waals surface area contributed by atoms with Gasteiger partial charge in [-0.1, -0.05) is 32.9 Å². The smallest absolute Gasteiger partial charge is 0.161 e. The van der Waals surface area contributed by atoms with Crippen molar-refractivity contribution < 1.29 is 9.84 Å². The summed E-state index contributed by atoms with van der Waals surface area (Å²) in [5.41, 5.74) is 1.48. The zero-order chi connectivity index (χ0) is 12.4. The normalized spacial score (nSPS) is 53.2. The van der Waals surface area contributed by atoms with Gasteiger partial charge in [0.1, 0.15) is 0 Å². The number of hydrogen-bond donors (Lipinski definition) is 1. The minimum Gasteiger partial charge on any atom is -0.367 e. The van der Waals surface area contributed by atoms with Crippen molar-refractivity contribution in [3.8, 4) is 0 Å². The van der Waals surface area contributed by atoms with Gasteiger partial charge in [-0.25, -0.2) is 0 Å². The summed E-state index contributed by atoms with van der Waals surface area (Å²) in [7, 11) is 0. The van der Waals surface area contributed by atoms with Crippen molar-refractivity contribution in [1.29, 1.82) is 0 Å². The van der Waals surface area contributed by atoms with E-state index in [1.807, 2.05) is 0 Å². The summed E-state index contributed by atoms with van der Waals surface area (Å²) in [6.45, 7) is 12.0. The second-order valence-electron chi connectivity index (χ2n) is 6.82. The average Bonchev–Trinajstić information content (AvgIpc) is 2.35. The maximum atomic E-state index is 10.1. The first-order chi connectivity index (χ1) is 7.97. The van der Waals surface area contributed by atoms with Crippen molar-refractivity contribution in [2.45, 2.75) is 39.9 Å². The molecule has 1 aliphatic heterocycles. The predicted octanol–water partition coefficient (Wildman–Crippen LogP) is 2.83. The van der Waals surface area contributed by atoms with Crippen LogP contribution in [-0.4, -0.2) is 18.0 Å². The summed E-state index contributed by atoms with van der Waals surface area (Å²) in [6, 6.07) is 0. The van der Waals surface area contributed by atoms with Crippen LogP contribution in [0.2, 0.25) is 0 Å². The Bertz CT molecular complexity index is 349. The third-order valence-electron chi connectivity index (χ3n) is 5.94. The summed E-state index contributed by atoms with van der Waals surface area (Å²) >= 11 is 0. The van der Waals surface area contributed by atoms with E-state index in [0.717, 1.165) is 12.5 Å².